The van der Waals surface area contributed by atoms with Crippen molar-refractivity contribution in [2.24, 2.45) is 5.92 Å². The summed E-state index contributed by atoms with van der Waals surface area (Å²) in [6.07, 6.45) is 11.0. The van der Waals surface area contributed by atoms with Gasteiger partial charge in [0.25, 0.3) is 0 Å². The molecule has 0 bridgehead atoms. The van der Waals surface area contributed by atoms with Gasteiger partial charge in [-0.1, -0.05) is 36.4 Å². The van der Waals surface area contributed by atoms with Crippen LogP contribution in [0, 0.1) is 5.92 Å². The molecule has 2 aromatic rings. The van der Waals surface area contributed by atoms with E-state index in [1.54, 1.807) is 27.4 Å². The van der Waals surface area contributed by atoms with Crippen LogP contribution in [0.25, 0.3) is 6.08 Å². The molecule has 1 aliphatic rings. The lowest BCUT2D eigenvalue weighted by Gasteiger charge is -2.26. The summed E-state index contributed by atoms with van der Waals surface area (Å²) in [6, 6.07) is 11.5. The Morgan fingerprint density at radius 3 is 2.44 bits per heavy atom. The summed E-state index contributed by atoms with van der Waals surface area (Å²) >= 11 is 0. The maximum atomic E-state index is 9.86. The third-order valence-electron chi connectivity index (χ3n) is 5.00. The Balaban J connectivity index is 1.84. The standard InChI is InChI=1S/C23H26O4/c1-25-21-13-9-16(14-23(21)27-3)8-10-17-6-4-5-7-19(17)18-11-12-20(24)22(15-18)26-2/h5,7-15,17,19,24H,4,6H2,1-3H3. The highest BCUT2D eigenvalue weighted by Crippen LogP contribution is 2.38. The number of methoxy groups -OCH3 is 3. The number of hydrogen-bond donors (Lipinski definition) is 1. The van der Waals surface area contributed by atoms with Crippen LogP contribution in [-0.2, 0) is 0 Å². The van der Waals surface area contributed by atoms with E-state index in [1.807, 2.05) is 30.3 Å². The van der Waals surface area contributed by atoms with Gasteiger partial charge in [-0.25, -0.2) is 0 Å². The van der Waals surface area contributed by atoms with E-state index in [4.69, 9.17) is 14.2 Å². The fourth-order valence-corrected chi connectivity index (χ4v) is 3.52. The molecule has 2 unspecified atom stereocenters. The molecule has 1 aliphatic carbocycles. The van der Waals surface area contributed by atoms with E-state index >= 15 is 0 Å². The number of phenols is 1. The second kappa shape index (κ2) is 8.67. The third-order valence-corrected chi connectivity index (χ3v) is 5.00. The Hall–Kier alpha value is -2.88. The molecule has 2 aromatic carbocycles. The number of phenolic OH excluding ortho intramolecular Hbond substituents is 1. The van der Waals surface area contributed by atoms with Gasteiger partial charge < -0.3 is 19.3 Å². The largest absolute Gasteiger partial charge is 0.504 e. The SMILES string of the molecule is COc1cc(C2C=CCCC2C=Cc2ccc(OC)c(OC)c2)ccc1O. The predicted octanol–water partition coefficient (Wildman–Crippen LogP) is 5.18. The van der Waals surface area contributed by atoms with Crippen LogP contribution in [0.5, 0.6) is 23.0 Å². The van der Waals surface area contributed by atoms with Crippen LogP contribution in [0.1, 0.15) is 29.9 Å². The number of aromatic hydroxyl groups is 1. The highest BCUT2D eigenvalue weighted by Gasteiger charge is 2.22. The molecule has 1 N–H and O–H groups in total. The van der Waals surface area contributed by atoms with Gasteiger partial charge in [0.2, 0.25) is 0 Å². The van der Waals surface area contributed by atoms with Gasteiger partial charge >= 0.3 is 0 Å². The number of ether oxygens (including phenoxy) is 3. The lowest BCUT2D eigenvalue weighted by atomic mass is 9.79. The van der Waals surface area contributed by atoms with Gasteiger partial charge in [0.05, 0.1) is 21.3 Å². The van der Waals surface area contributed by atoms with Crippen LogP contribution in [0.3, 0.4) is 0 Å². The number of hydrogen-bond acceptors (Lipinski definition) is 4. The Morgan fingerprint density at radius 1 is 0.926 bits per heavy atom. The average molecular weight is 366 g/mol. The maximum absolute atomic E-state index is 9.86. The van der Waals surface area contributed by atoms with E-state index in [0.29, 0.717) is 11.7 Å². The minimum Gasteiger partial charge on any atom is -0.504 e. The summed E-state index contributed by atoms with van der Waals surface area (Å²) in [6.45, 7) is 0. The second-order valence-corrected chi connectivity index (χ2v) is 6.60. The zero-order chi connectivity index (χ0) is 19.2. The minimum absolute atomic E-state index is 0.165. The van der Waals surface area contributed by atoms with Gasteiger partial charge in [-0.3, -0.25) is 0 Å². The van der Waals surface area contributed by atoms with E-state index < -0.39 is 0 Å². The molecule has 0 saturated carbocycles. The van der Waals surface area contributed by atoms with Crippen LogP contribution in [-0.4, -0.2) is 26.4 Å². The molecule has 0 saturated heterocycles. The van der Waals surface area contributed by atoms with Crippen molar-refractivity contribution in [3.63, 3.8) is 0 Å². The third kappa shape index (κ3) is 4.27. The Kier molecular flexibility index (Phi) is 6.07. The first-order valence-corrected chi connectivity index (χ1v) is 9.10. The summed E-state index contributed by atoms with van der Waals surface area (Å²) in [5, 5.41) is 9.86. The molecule has 0 aliphatic heterocycles. The normalized spacial score (nSPS) is 19.2. The van der Waals surface area contributed by atoms with Gasteiger partial charge in [-0.2, -0.15) is 0 Å². The fourth-order valence-electron chi connectivity index (χ4n) is 3.52. The van der Waals surface area contributed by atoms with Crippen molar-refractivity contribution in [1.82, 2.24) is 0 Å². The molecule has 3 rings (SSSR count). The molecule has 0 heterocycles. The summed E-state index contributed by atoms with van der Waals surface area (Å²) in [7, 11) is 4.85. The first-order chi connectivity index (χ1) is 13.2. The van der Waals surface area contributed by atoms with Crippen LogP contribution in [0.15, 0.2) is 54.6 Å². The predicted molar refractivity (Wildman–Crippen MR) is 108 cm³/mol. The summed E-state index contributed by atoms with van der Waals surface area (Å²) in [5.74, 6) is 2.75. The topological polar surface area (TPSA) is 47.9 Å². The van der Waals surface area contributed by atoms with Gasteiger partial charge in [0.15, 0.2) is 23.0 Å². The Labute approximate surface area is 160 Å². The zero-order valence-corrected chi connectivity index (χ0v) is 16.0. The van der Waals surface area contributed by atoms with Crippen molar-refractivity contribution in [3.05, 3.63) is 65.8 Å². The van der Waals surface area contributed by atoms with Crippen molar-refractivity contribution >= 4 is 6.08 Å². The van der Waals surface area contributed by atoms with Crippen LogP contribution in [0.4, 0.5) is 0 Å². The van der Waals surface area contributed by atoms with Crippen molar-refractivity contribution in [2.75, 3.05) is 21.3 Å². The Bertz CT molecular complexity index is 838. The molecule has 0 fully saturated rings. The lowest BCUT2D eigenvalue weighted by Crippen LogP contribution is -2.12. The molecule has 4 heteroatoms. The highest BCUT2D eigenvalue weighted by molar-refractivity contribution is 5.56. The lowest BCUT2D eigenvalue weighted by molar-refractivity contribution is 0.355. The molecule has 0 amide bonds. The van der Waals surface area contributed by atoms with E-state index in [2.05, 4.69) is 24.3 Å². The molecule has 0 aromatic heterocycles. The smallest absolute Gasteiger partial charge is 0.161 e. The monoisotopic (exact) mass is 366 g/mol. The number of allylic oxidation sites excluding steroid dienone is 3. The first-order valence-electron chi connectivity index (χ1n) is 9.10. The molecule has 27 heavy (non-hydrogen) atoms. The molecule has 0 radical (unpaired) electrons. The molecule has 2 atom stereocenters. The van der Waals surface area contributed by atoms with Gasteiger partial charge in [-0.15, -0.1) is 0 Å². The molecular formula is C23H26O4. The average Bonchev–Trinajstić information content (AvgIpc) is 2.72. The Morgan fingerprint density at radius 2 is 1.70 bits per heavy atom. The molecular weight excluding hydrogens is 340 g/mol. The van der Waals surface area contributed by atoms with Crippen molar-refractivity contribution in [3.8, 4) is 23.0 Å². The summed E-state index contributed by atoms with van der Waals surface area (Å²) in [5.41, 5.74) is 2.21. The number of benzene rings is 2. The van der Waals surface area contributed by atoms with E-state index in [-0.39, 0.29) is 11.7 Å². The second-order valence-electron chi connectivity index (χ2n) is 6.60. The maximum Gasteiger partial charge on any atom is 0.161 e. The van der Waals surface area contributed by atoms with Crippen LogP contribution >= 0.6 is 0 Å². The quantitative estimate of drug-likeness (QED) is 0.716. The van der Waals surface area contributed by atoms with Crippen LogP contribution in [0.2, 0.25) is 0 Å². The van der Waals surface area contributed by atoms with E-state index in [0.717, 1.165) is 35.5 Å². The van der Waals surface area contributed by atoms with Crippen molar-refractivity contribution in [2.45, 2.75) is 18.8 Å². The van der Waals surface area contributed by atoms with Crippen LogP contribution < -0.4 is 14.2 Å². The van der Waals surface area contributed by atoms with Gasteiger partial charge in [0.1, 0.15) is 0 Å². The molecule has 0 spiro atoms. The van der Waals surface area contributed by atoms with Gasteiger partial charge in [-0.05, 0) is 54.2 Å². The zero-order valence-electron chi connectivity index (χ0n) is 16.0. The summed E-state index contributed by atoms with van der Waals surface area (Å²) in [4.78, 5) is 0. The van der Waals surface area contributed by atoms with Gasteiger partial charge in [0, 0.05) is 5.92 Å². The van der Waals surface area contributed by atoms with Crippen molar-refractivity contribution < 1.29 is 19.3 Å². The fraction of sp³-hybridized carbons (Fsp3) is 0.304. The van der Waals surface area contributed by atoms with Crippen molar-refractivity contribution in [1.29, 1.82) is 0 Å². The highest BCUT2D eigenvalue weighted by atomic mass is 16.5. The molecule has 142 valence electrons. The first kappa shape index (κ1) is 18.9. The summed E-state index contributed by atoms with van der Waals surface area (Å²) < 4.78 is 16.0. The molecule has 4 nitrogen and oxygen atoms in total. The van der Waals surface area contributed by atoms with E-state index in [1.165, 1.54) is 0 Å². The number of rotatable bonds is 6. The minimum atomic E-state index is 0.165. The van der Waals surface area contributed by atoms with E-state index in [9.17, 15) is 5.11 Å².